The van der Waals surface area contributed by atoms with Crippen LogP contribution in [0, 0.1) is 6.92 Å². The van der Waals surface area contributed by atoms with Gasteiger partial charge in [0, 0.05) is 0 Å². The molecule has 0 amide bonds. The molecule has 1 aliphatic rings. The zero-order valence-corrected chi connectivity index (χ0v) is 8.36. The minimum absolute atomic E-state index is 0.919. The molecule has 0 bridgehead atoms. The van der Waals surface area contributed by atoms with E-state index in [9.17, 15) is 0 Å². The maximum atomic E-state index is 5.71. The molecule has 1 aliphatic carbocycles. The first-order valence-electron chi connectivity index (χ1n) is 4.96. The summed E-state index contributed by atoms with van der Waals surface area (Å²) in [6, 6.07) is 8.11. The second-order valence-electron chi connectivity index (χ2n) is 3.50. The molecule has 1 aromatic rings. The van der Waals surface area contributed by atoms with Crippen molar-refractivity contribution in [2.45, 2.75) is 19.8 Å². The fourth-order valence-electron chi connectivity index (χ4n) is 1.48. The van der Waals surface area contributed by atoms with Gasteiger partial charge in [-0.05, 0) is 49.6 Å². The van der Waals surface area contributed by atoms with Gasteiger partial charge in [0.05, 0.1) is 0 Å². The molecule has 0 fully saturated rings. The summed E-state index contributed by atoms with van der Waals surface area (Å²) in [7, 11) is 0. The van der Waals surface area contributed by atoms with Crippen molar-refractivity contribution in [2.75, 3.05) is 0 Å². The van der Waals surface area contributed by atoms with Crippen molar-refractivity contribution in [3.63, 3.8) is 0 Å². The van der Waals surface area contributed by atoms with Crippen LogP contribution >= 0.6 is 0 Å². The van der Waals surface area contributed by atoms with Gasteiger partial charge in [0.2, 0.25) is 0 Å². The molecular formula is C13H14O. The SMILES string of the molecule is Cc1cccc(OC2=CCCC=C2)c1. The topological polar surface area (TPSA) is 9.23 Å². The third-order valence-corrected chi connectivity index (χ3v) is 2.19. The Morgan fingerprint density at radius 3 is 2.86 bits per heavy atom. The fourth-order valence-corrected chi connectivity index (χ4v) is 1.48. The van der Waals surface area contributed by atoms with Gasteiger partial charge in [0.1, 0.15) is 11.5 Å². The molecule has 0 N–H and O–H groups in total. The Morgan fingerprint density at radius 1 is 1.21 bits per heavy atom. The number of hydrogen-bond donors (Lipinski definition) is 0. The molecule has 1 aromatic carbocycles. The Morgan fingerprint density at radius 2 is 2.14 bits per heavy atom. The van der Waals surface area contributed by atoms with E-state index in [2.05, 4.69) is 25.1 Å². The van der Waals surface area contributed by atoms with E-state index in [-0.39, 0.29) is 0 Å². The van der Waals surface area contributed by atoms with E-state index < -0.39 is 0 Å². The lowest BCUT2D eigenvalue weighted by Gasteiger charge is -2.09. The highest BCUT2D eigenvalue weighted by Gasteiger charge is 1.99. The molecule has 0 atom stereocenters. The number of allylic oxidation sites excluding steroid dienone is 3. The van der Waals surface area contributed by atoms with Gasteiger partial charge in [0.25, 0.3) is 0 Å². The van der Waals surface area contributed by atoms with E-state index in [1.807, 2.05) is 24.3 Å². The first-order valence-corrected chi connectivity index (χ1v) is 4.96. The van der Waals surface area contributed by atoms with E-state index in [1.165, 1.54) is 5.56 Å². The highest BCUT2D eigenvalue weighted by atomic mass is 16.5. The van der Waals surface area contributed by atoms with Crippen molar-refractivity contribution >= 4 is 0 Å². The summed E-state index contributed by atoms with van der Waals surface area (Å²) in [4.78, 5) is 0. The monoisotopic (exact) mass is 186 g/mol. The molecule has 2 rings (SSSR count). The number of rotatable bonds is 2. The molecule has 0 unspecified atom stereocenters. The van der Waals surface area contributed by atoms with Gasteiger partial charge < -0.3 is 4.74 Å². The van der Waals surface area contributed by atoms with Crippen molar-refractivity contribution in [1.29, 1.82) is 0 Å². The standard InChI is InChI=1S/C13H14O/c1-11-6-5-9-13(10-11)14-12-7-3-2-4-8-12/h3,5-10H,2,4H2,1H3. The Labute approximate surface area is 84.7 Å². The van der Waals surface area contributed by atoms with Crippen molar-refractivity contribution in [2.24, 2.45) is 0 Å². The van der Waals surface area contributed by atoms with Crippen molar-refractivity contribution in [3.8, 4) is 5.75 Å². The summed E-state index contributed by atoms with van der Waals surface area (Å²) in [6.07, 6.45) is 8.51. The van der Waals surface area contributed by atoms with E-state index in [0.29, 0.717) is 0 Å². The lowest BCUT2D eigenvalue weighted by molar-refractivity contribution is 0.439. The highest BCUT2D eigenvalue weighted by molar-refractivity contribution is 5.31. The minimum atomic E-state index is 0.919. The van der Waals surface area contributed by atoms with Crippen LogP contribution in [0.2, 0.25) is 0 Å². The third kappa shape index (κ3) is 2.25. The van der Waals surface area contributed by atoms with Crippen LogP contribution in [0.3, 0.4) is 0 Å². The van der Waals surface area contributed by atoms with E-state index in [4.69, 9.17) is 4.74 Å². The zero-order chi connectivity index (χ0) is 9.80. The molecule has 0 aromatic heterocycles. The fraction of sp³-hybridized carbons (Fsp3) is 0.231. The van der Waals surface area contributed by atoms with E-state index >= 15 is 0 Å². The largest absolute Gasteiger partial charge is 0.458 e. The molecule has 1 heteroatoms. The van der Waals surface area contributed by atoms with Crippen molar-refractivity contribution in [1.82, 2.24) is 0 Å². The highest BCUT2D eigenvalue weighted by Crippen LogP contribution is 2.18. The van der Waals surface area contributed by atoms with Crippen LogP contribution in [0.4, 0.5) is 0 Å². The second-order valence-corrected chi connectivity index (χ2v) is 3.50. The average molecular weight is 186 g/mol. The first-order chi connectivity index (χ1) is 6.84. The smallest absolute Gasteiger partial charge is 0.127 e. The molecule has 1 nitrogen and oxygen atoms in total. The van der Waals surface area contributed by atoms with Crippen LogP contribution in [-0.4, -0.2) is 0 Å². The maximum absolute atomic E-state index is 5.71. The molecule has 0 saturated carbocycles. The van der Waals surface area contributed by atoms with Gasteiger partial charge in [-0.25, -0.2) is 0 Å². The summed E-state index contributed by atoms with van der Waals surface area (Å²) in [6.45, 7) is 2.07. The second kappa shape index (κ2) is 4.14. The van der Waals surface area contributed by atoms with Crippen LogP contribution in [0.5, 0.6) is 5.75 Å². The first kappa shape index (κ1) is 9.07. The molecule has 0 heterocycles. The molecule has 0 saturated heterocycles. The number of ether oxygens (including phenoxy) is 1. The minimum Gasteiger partial charge on any atom is -0.458 e. The van der Waals surface area contributed by atoms with Crippen molar-refractivity contribution in [3.05, 3.63) is 53.8 Å². The van der Waals surface area contributed by atoms with E-state index in [0.717, 1.165) is 24.4 Å². The van der Waals surface area contributed by atoms with Gasteiger partial charge in [-0.3, -0.25) is 0 Å². The van der Waals surface area contributed by atoms with Crippen LogP contribution in [0.15, 0.2) is 48.3 Å². The summed E-state index contributed by atoms with van der Waals surface area (Å²) < 4.78 is 5.71. The summed E-state index contributed by atoms with van der Waals surface area (Å²) in [5.74, 6) is 1.88. The molecule has 0 spiro atoms. The van der Waals surface area contributed by atoms with Gasteiger partial charge in [-0.2, -0.15) is 0 Å². The van der Waals surface area contributed by atoms with Crippen molar-refractivity contribution < 1.29 is 4.74 Å². The predicted molar refractivity (Wildman–Crippen MR) is 58.3 cm³/mol. The van der Waals surface area contributed by atoms with E-state index in [1.54, 1.807) is 0 Å². The molecule has 14 heavy (non-hydrogen) atoms. The maximum Gasteiger partial charge on any atom is 0.127 e. The summed E-state index contributed by atoms with van der Waals surface area (Å²) >= 11 is 0. The quantitative estimate of drug-likeness (QED) is 0.685. The van der Waals surface area contributed by atoms with Gasteiger partial charge in [0.15, 0.2) is 0 Å². The van der Waals surface area contributed by atoms with Gasteiger partial charge in [-0.1, -0.05) is 18.2 Å². The Bertz CT molecular complexity index is 375. The number of benzene rings is 1. The number of aryl methyl sites for hydroxylation is 1. The molecular weight excluding hydrogens is 172 g/mol. The van der Waals surface area contributed by atoms with Crippen LogP contribution in [0.25, 0.3) is 0 Å². The Kier molecular flexibility index (Phi) is 2.68. The molecule has 72 valence electrons. The zero-order valence-electron chi connectivity index (χ0n) is 8.36. The Balaban J connectivity index is 2.10. The summed E-state index contributed by atoms with van der Waals surface area (Å²) in [5, 5.41) is 0. The average Bonchev–Trinajstić information content (AvgIpc) is 2.19. The lowest BCUT2D eigenvalue weighted by Crippen LogP contribution is -1.95. The number of hydrogen-bond acceptors (Lipinski definition) is 1. The van der Waals surface area contributed by atoms with Gasteiger partial charge >= 0.3 is 0 Å². The molecule has 0 aliphatic heterocycles. The van der Waals surface area contributed by atoms with Crippen LogP contribution in [-0.2, 0) is 0 Å². The predicted octanol–water partition coefficient (Wildman–Crippen LogP) is 3.61. The Hall–Kier alpha value is -1.50. The summed E-state index contributed by atoms with van der Waals surface area (Å²) in [5.41, 5.74) is 1.22. The van der Waals surface area contributed by atoms with Gasteiger partial charge in [-0.15, -0.1) is 0 Å². The normalized spacial score (nSPS) is 15.1. The van der Waals surface area contributed by atoms with Crippen LogP contribution < -0.4 is 4.74 Å². The molecule has 0 radical (unpaired) electrons. The van der Waals surface area contributed by atoms with Crippen LogP contribution in [0.1, 0.15) is 18.4 Å². The lowest BCUT2D eigenvalue weighted by atomic mass is 10.2. The third-order valence-electron chi connectivity index (χ3n) is 2.19.